The SMILES string of the molecule is CCOC(=O)C(=NNc1cc(Cl)ccc1Cl)N1CCOCC1. The summed E-state index contributed by atoms with van der Waals surface area (Å²) in [7, 11) is 0. The average molecular weight is 346 g/mol. The Hall–Kier alpha value is -1.50. The molecule has 22 heavy (non-hydrogen) atoms. The van der Waals surface area contributed by atoms with Crippen molar-refractivity contribution < 1.29 is 14.3 Å². The fourth-order valence-electron chi connectivity index (χ4n) is 1.91. The molecule has 1 aliphatic heterocycles. The summed E-state index contributed by atoms with van der Waals surface area (Å²) >= 11 is 12.0. The molecule has 6 nitrogen and oxygen atoms in total. The standard InChI is InChI=1S/C14H17Cl2N3O3/c1-2-22-14(20)13(19-5-7-21-8-6-19)18-17-12-9-10(15)3-4-11(12)16/h3-4,9,17H,2,5-8H2,1H3. The van der Waals surface area contributed by atoms with Crippen LogP contribution in [0.3, 0.4) is 0 Å². The smallest absolute Gasteiger partial charge is 0.375 e. The summed E-state index contributed by atoms with van der Waals surface area (Å²) in [5.41, 5.74) is 3.30. The number of hydrogen-bond donors (Lipinski definition) is 1. The molecule has 0 aliphatic carbocycles. The molecule has 0 radical (unpaired) electrons. The van der Waals surface area contributed by atoms with E-state index in [4.69, 9.17) is 32.7 Å². The van der Waals surface area contributed by atoms with E-state index >= 15 is 0 Å². The Kier molecular flexibility index (Phi) is 6.30. The third-order valence-corrected chi connectivity index (χ3v) is 3.54. The maximum Gasteiger partial charge on any atom is 0.375 e. The molecule has 1 saturated heterocycles. The third-order valence-electron chi connectivity index (χ3n) is 2.98. The van der Waals surface area contributed by atoms with E-state index in [1.54, 1.807) is 25.1 Å². The van der Waals surface area contributed by atoms with Crippen molar-refractivity contribution in [3.05, 3.63) is 28.2 Å². The van der Waals surface area contributed by atoms with Crippen LogP contribution in [-0.2, 0) is 14.3 Å². The highest BCUT2D eigenvalue weighted by Gasteiger charge is 2.23. The normalized spacial score (nSPS) is 15.6. The fourth-order valence-corrected chi connectivity index (χ4v) is 2.24. The second-order valence-electron chi connectivity index (χ2n) is 4.49. The Bertz CT molecular complexity index is 560. The van der Waals surface area contributed by atoms with Gasteiger partial charge in [-0.15, -0.1) is 5.10 Å². The summed E-state index contributed by atoms with van der Waals surface area (Å²) in [5.74, 6) is -0.295. The van der Waals surface area contributed by atoms with Crippen LogP contribution in [0.5, 0.6) is 0 Å². The summed E-state index contributed by atoms with van der Waals surface area (Å²) in [6.07, 6.45) is 0. The summed E-state index contributed by atoms with van der Waals surface area (Å²) in [5, 5.41) is 5.13. The van der Waals surface area contributed by atoms with Crippen LogP contribution in [-0.4, -0.2) is 49.6 Å². The largest absolute Gasteiger partial charge is 0.460 e. The monoisotopic (exact) mass is 345 g/mol. The van der Waals surface area contributed by atoms with Gasteiger partial charge in [0, 0.05) is 18.1 Å². The van der Waals surface area contributed by atoms with Crippen LogP contribution in [0.15, 0.2) is 23.3 Å². The molecule has 1 aliphatic rings. The van der Waals surface area contributed by atoms with Crippen LogP contribution in [0.25, 0.3) is 0 Å². The first kappa shape index (κ1) is 16.9. The molecule has 0 saturated carbocycles. The minimum atomic E-state index is -0.491. The summed E-state index contributed by atoms with van der Waals surface area (Å²) in [6.45, 7) is 4.24. The first-order chi connectivity index (χ1) is 10.6. The molecule has 8 heteroatoms. The van der Waals surface area contributed by atoms with Gasteiger partial charge in [-0.25, -0.2) is 4.79 Å². The van der Waals surface area contributed by atoms with Crippen molar-refractivity contribution in [1.82, 2.24) is 4.90 Å². The van der Waals surface area contributed by atoms with Gasteiger partial charge in [0.25, 0.3) is 0 Å². The molecular weight excluding hydrogens is 329 g/mol. The topological polar surface area (TPSA) is 63.2 Å². The minimum Gasteiger partial charge on any atom is -0.460 e. The highest BCUT2D eigenvalue weighted by Crippen LogP contribution is 2.25. The molecule has 120 valence electrons. The number of hydrogen-bond acceptors (Lipinski definition) is 5. The number of esters is 1. The van der Waals surface area contributed by atoms with Crippen LogP contribution in [0.4, 0.5) is 5.69 Å². The molecule has 1 N–H and O–H groups in total. The lowest BCUT2D eigenvalue weighted by Gasteiger charge is -2.28. The van der Waals surface area contributed by atoms with Gasteiger partial charge < -0.3 is 14.4 Å². The minimum absolute atomic E-state index is 0.196. The molecule has 2 rings (SSSR count). The van der Waals surface area contributed by atoms with Crippen LogP contribution >= 0.6 is 23.2 Å². The summed E-state index contributed by atoms with van der Waals surface area (Å²) < 4.78 is 10.3. The molecule has 1 aromatic carbocycles. The lowest BCUT2D eigenvalue weighted by Crippen LogP contribution is -2.45. The van der Waals surface area contributed by atoms with Crippen molar-refractivity contribution in [2.75, 3.05) is 38.3 Å². The first-order valence-electron chi connectivity index (χ1n) is 6.90. The zero-order valence-corrected chi connectivity index (χ0v) is 13.7. The number of anilines is 1. The van der Waals surface area contributed by atoms with E-state index in [2.05, 4.69) is 10.5 Å². The molecule has 0 aromatic heterocycles. The highest BCUT2D eigenvalue weighted by molar-refractivity contribution is 6.36. The van der Waals surface area contributed by atoms with Crippen LogP contribution < -0.4 is 5.43 Å². The second kappa shape index (κ2) is 8.22. The number of morpholine rings is 1. The third kappa shape index (κ3) is 4.50. The van der Waals surface area contributed by atoms with E-state index < -0.39 is 5.97 Å². The number of amidine groups is 1. The van der Waals surface area contributed by atoms with Crippen LogP contribution in [0.2, 0.25) is 10.0 Å². The number of carbonyl (C=O) groups excluding carboxylic acids is 1. The molecule has 0 bridgehead atoms. The number of nitrogens with zero attached hydrogens (tertiary/aromatic N) is 2. The van der Waals surface area contributed by atoms with E-state index in [1.165, 1.54) is 0 Å². The fraction of sp³-hybridized carbons (Fsp3) is 0.429. The number of halogens is 2. The van der Waals surface area contributed by atoms with Crippen molar-refractivity contribution in [1.29, 1.82) is 0 Å². The van der Waals surface area contributed by atoms with Crippen molar-refractivity contribution in [3.63, 3.8) is 0 Å². The molecule has 1 fully saturated rings. The quantitative estimate of drug-likeness (QED) is 0.395. The van der Waals surface area contributed by atoms with Crippen molar-refractivity contribution in [3.8, 4) is 0 Å². The zero-order chi connectivity index (χ0) is 15.9. The maximum atomic E-state index is 12.1. The lowest BCUT2D eigenvalue weighted by molar-refractivity contribution is -0.136. The Morgan fingerprint density at radius 1 is 1.41 bits per heavy atom. The van der Waals surface area contributed by atoms with Gasteiger partial charge in [-0.3, -0.25) is 5.43 Å². The van der Waals surface area contributed by atoms with Crippen molar-refractivity contribution in [2.24, 2.45) is 5.10 Å². The van der Waals surface area contributed by atoms with Gasteiger partial charge in [-0.2, -0.15) is 0 Å². The van der Waals surface area contributed by atoms with Gasteiger partial charge in [0.05, 0.1) is 30.5 Å². The second-order valence-corrected chi connectivity index (χ2v) is 5.33. The molecule has 0 spiro atoms. The van der Waals surface area contributed by atoms with Gasteiger partial charge in [-0.1, -0.05) is 23.2 Å². The molecule has 1 heterocycles. The van der Waals surface area contributed by atoms with Gasteiger partial charge in [0.2, 0.25) is 5.84 Å². The van der Waals surface area contributed by atoms with E-state index in [-0.39, 0.29) is 12.4 Å². The number of ether oxygens (including phenoxy) is 2. The van der Waals surface area contributed by atoms with Gasteiger partial charge >= 0.3 is 5.97 Å². The molecular formula is C14H17Cl2N3O3. The first-order valence-corrected chi connectivity index (χ1v) is 7.66. The number of rotatable bonds is 3. The lowest BCUT2D eigenvalue weighted by atomic mass is 10.3. The Morgan fingerprint density at radius 3 is 2.82 bits per heavy atom. The Labute approximate surface area is 139 Å². The van der Waals surface area contributed by atoms with E-state index in [0.717, 1.165) is 0 Å². The van der Waals surface area contributed by atoms with E-state index in [1.807, 2.05) is 4.90 Å². The predicted molar refractivity (Wildman–Crippen MR) is 86.5 cm³/mol. The van der Waals surface area contributed by atoms with E-state index in [9.17, 15) is 4.79 Å². The van der Waals surface area contributed by atoms with Gasteiger partial charge in [-0.05, 0) is 25.1 Å². The van der Waals surface area contributed by atoms with Crippen molar-refractivity contribution in [2.45, 2.75) is 6.92 Å². The molecule has 0 atom stereocenters. The number of nitrogens with one attached hydrogen (secondary N) is 1. The predicted octanol–water partition coefficient (Wildman–Crippen LogP) is 2.61. The maximum absolute atomic E-state index is 12.1. The van der Waals surface area contributed by atoms with Crippen LogP contribution in [0, 0.1) is 0 Å². The number of carbonyl (C=O) groups is 1. The summed E-state index contributed by atoms with van der Waals surface area (Å²) in [4.78, 5) is 13.9. The van der Waals surface area contributed by atoms with Crippen molar-refractivity contribution >= 4 is 40.7 Å². The molecule has 0 amide bonds. The van der Waals surface area contributed by atoms with Crippen LogP contribution in [0.1, 0.15) is 6.92 Å². The number of hydrazone groups is 1. The number of benzene rings is 1. The highest BCUT2D eigenvalue weighted by atomic mass is 35.5. The molecule has 1 aromatic rings. The van der Waals surface area contributed by atoms with E-state index in [0.29, 0.717) is 42.0 Å². The molecule has 0 unspecified atom stereocenters. The van der Waals surface area contributed by atoms with Gasteiger partial charge in [0.15, 0.2) is 0 Å². The van der Waals surface area contributed by atoms with Gasteiger partial charge in [0.1, 0.15) is 0 Å². The average Bonchev–Trinajstić information content (AvgIpc) is 2.52. The Morgan fingerprint density at radius 2 is 2.14 bits per heavy atom. The summed E-state index contributed by atoms with van der Waals surface area (Å²) in [6, 6.07) is 4.96. The Balaban J connectivity index is 2.19. The zero-order valence-electron chi connectivity index (χ0n) is 12.1.